The molecule has 0 amide bonds. The number of nitrogens with one attached hydrogen (secondary N) is 1. The summed E-state index contributed by atoms with van der Waals surface area (Å²) >= 11 is 6.95. The van der Waals surface area contributed by atoms with Crippen LogP contribution in [0.5, 0.6) is 5.75 Å². The lowest BCUT2D eigenvalue weighted by atomic mass is 10.2. The molecule has 5 heteroatoms. The van der Waals surface area contributed by atoms with Crippen molar-refractivity contribution in [3.8, 4) is 5.75 Å². The van der Waals surface area contributed by atoms with Crippen LogP contribution in [0.3, 0.4) is 0 Å². The van der Waals surface area contributed by atoms with E-state index in [9.17, 15) is 0 Å². The van der Waals surface area contributed by atoms with E-state index in [1.54, 1.807) is 18.9 Å². The monoisotopic (exact) mass is 284 g/mol. The zero-order chi connectivity index (χ0) is 13.4. The lowest BCUT2D eigenvalue weighted by Crippen LogP contribution is -2.21. The Hall–Kier alpha value is -0.780. The second kappa shape index (κ2) is 8.34. The molecule has 0 fully saturated rings. The lowest BCUT2D eigenvalue weighted by Gasteiger charge is -2.11. The van der Waals surface area contributed by atoms with Gasteiger partial charge in [-0.1, -0.05) is 36.1 Å². The van der Waals surface area contributed by atoms with E-state index in [2.05, 4.69) is 24.3 Å². The summed E-state index contributed by atoms with van der Waals surface area (Å²) in [5, 5.41) is 3.25. The first kappa shape index (κ1) is 15.3. The molecule has 0 saturated heterocycles. The summed E-state index contributed by atoms with van der Waals surface area (Å²) in [6.45, 7) is 1.80. The van der Waals surface area contributed by atoms with Gasteiger partial charge in [-0.05, 0) is 31.8 Å². The molecule has 0 aliphatic carbocycles. The highest BCUT2D eigenvalue weighted by atomic mass is 32.2. The molecule has 1 aromatic rings. The van der Waals surface area contributed by atoms with Gasteiger partial charge in [-0.15, -0.1) is 0 Å². The van der Waals surface area contributed by atoms with Gasteiger partial charge in [0.05, 0.1) is 7.11 Å². The maximum Gasteiger partial charge on any atom is 0.134 e. The van der Waals surface area contributed by atoms with Crippen LogP contribution in [0.15, 0.2) is 24.3 Å². The van der Waals surface area contributed by atoms with Crippen molar-refractivity contribution in [2.45, 2.75) is 6.54 Å². The molecule has 1 rings (SSSR count). The molecule has 0 saturated carbocycles. The number of nitrogens with zero attached hydrogens (tertiary/aromatic N) is 1. The Balaban J connectivity index is 2.24. The van der Waals surface area contributed by atoms with E-state index in [1.165, 1.54) is 5.56 Å². The first-order valence-electron chi connectivity index (χ1n) is 5.80. The van der Waals surface area contributed by atoms with Crippen LogP contribution in [-0.4, -0.2) is 42.7 Å². The fraction of sp³-hybridized carbons (Fsp3) is 0.462. The Bertz CT molecular complexity index is 366. The summed E-state index contributed by atoms with van der Waals surface area (Å²) in [6, 6.07) is 8.00. The molecular formula is C13H20N2OS2. The van der Waals surface area contributed by atoms with E-state index in [0.717, 1.165) is 28.9 Å². The molecule has 18 heavy (non-hydrogen) atoms. The number of rotatable bonds is 6. The molecule has 0 aliphatic rings. The predicted molar refractivity (Wildman–Crippen MR) is 83.4 cm³/mol. The first-order valence-corrected chi connectivity index (χ1v) is 7.19. The minimum Gasteiger partial charge on any atom is -0.497 e. The predicted octanol–water partition coefficient (Wildman–Crippen LogP) is 2.36. The molecule has 0 atom stereocenters. The maximum absolute atomic E-state index is 5.26. The third-order valence-electron chi connectivity index (χ3n) is 2.37. The molecule has 0 radical (unpaired) electrons. The van der Waals surface area contributed by atoms with Crippen molar-refractivity contribution in [3.63, 3.8) is 0 Å². The largest absolute Gasteiger partial charge is 0.497 e. The third kappa shape index (κ3) is 6.23. The smallest absolute Gasteiger partial charge is 0.134 e. The minimum absolute atomic E-state index is 0.762. The summed E-state index contributed by atoms with van der Waals surface area (Å²) in [7, 11) is 5.80. The molecule has 0 bridgehead atoms. The van der Waals surface area contributed by atoms with Gasteiger partial charge in [0.15, 0.2) is 0 Å². The Labute approximate surface area is 119 Å². The van der Waals surface area contributed by atoms with Crippen LogP contribution in [0.2, 0.25) is 0 Å². The van der Waals surface area contributed by atoms with Crippen LogP contribution in [0.4, 0.5) is 0 Å². The molecule has 0 aliphatic heterocycles. The zero-order valence-corrected chi connectivity index (χ0v) is 12.7. The third-order valence-corrected chi connectivity index (χ3v) is 3.66. The van der Waals surface area contributed by atoms with Gasteiger partial charge in [0.2, 0.25) is 0 Å². The lowest BCUT2D eigenvalue weighted by molar-refractivity contribution is 0.414. The molecule has 0 unspecified atom stereocenters. The van der Waals surface area contributed by atoms with E-state index >= 15 is 0 Å². The number of benzene rings is 1. The minimum atomic E-state index is 0.762. The number of methoxy groups -OCH3 is 1. The number of hydrogen-bond donors (Lipinski definition) is 1. The van der Waals surface area contributed by atoms with Crippen molar-refractivity contribution in [1.82, 2.24) is 10.2 Å². The van der Waals surface area contributed by atoms with Crippen molar-refractivity contribution >= 4 is 28.3 Å². The normalized spacial score (nSPS) is 10.4. The average molecular weight is 284 g/mol. The van der Waals surface area contributed by atoms with Gasteiger partial charge in [0.1, 0.15) is 10.1 Å². The van der Waals surface area contributed by atoms with Gasteiger partial charge in [-0.25, -0.2) is 0 Å². The van der Waals surface area contributed by atoms with E-state index in [-0.39, 0.29) is 0 Å². The second-order valence-corrected chi connectivity index (χ2v) is 5.91. The molecule has 1 aromatic carbocycles. The number of ether oxygens (including phenoxy) is 1. The quantitative estimate of drug-likeness (QED) is 0.809. The first-order chi connectivity index (χ1) is 8.61. The van der Waals surface area contributed by atoms with Gasteiger partial charge in [0.25, 0.3) is 0 Å². The summed E-state index contributed by atoms with van der Waals surface area (Å²) in [4.78, 5) is 2.15. The molecule has 100 valence electrons. The maximum atomic E-state index is 5.26. The van der Waals surface area contributed by atoms with Crippen LogP contribution in [0.1, 0.15) is 5.56 Å². The van der Waals surface area contributed by atoms with E-state index in [4.69, 9.17) is 17.0 Å². The van der Waals surface area contributed by atoms with Crippen LogP contribution in [-0.2, 0) is 6.54 Å². The molecule has 0 heterocycles. The highest BCUT2D eigenvalue weighted by molar-refractivity contribution is 8.22. The van der Waals surface area contributed by atoms with Gasteiger partial charge in [-0.3, -0.25) is 0 Å². The Morgan fingerprint density at radius 2 is 2.00 bits per heavy atom. The van der Waals surface area contributed by atoms with Gasteiger partial charge >= 0.3 is 0 Å². The highest BCUT2D eigenvalue weighted by Gasteiger charge is 1.99. The van der Waals surface area contributed by atoms with Crippen molar-refractivity contribution < 1.29 is 4.74 Å². The second-order valence-electron chi connectivity index (χ2n) is 4.14. The Morgan fingerprint density at radius 1 is 1.33 bits per heavy atom. The van der Waals surface area contributed by atoms with Gasteiger partial charge < -0.3 is 15.0 Å². The van der Waals surface area contributed by atoms with E-state index in [0.29, 0.717) is 0 Å². The van der Waals surface area contributed by atoms with Gasteiger partial charge in [-0.2, -0.15) is 0 Å². The van der Waals surface area contributed by atoms with Crippen LogP contribution in [0.25, 0.3) is 0 Å². The zero-order valence-electron chi connectivity index (χ0n) is 11.1. The standard InChI is InChI=1S/C13H20N2OS2/c1-15(2)8-9-18-13(17)14-10-11-4-6-12(16-3)7-5-11/h4-7H,8-10H2,1-3H3,(H,14,17). The Morgan fingerprint density at radius 3 is 2.56 bits per heavy atom. The number of hydrogen-bond acceptors (Lipinski definition) is 4. The number of thioether (sulfide) groups is 1. The number of thiocarbonyl (C=S) groups is 1. The van der Waals surface area contributed by atoms with E-state index in [1.807, 2.05) is 24.3 Å². The summed E-state index contributed by atoms with van der Waals surface area (Å²) < 4.78 is 5.97. The summed E-state index contributed by atoms with van der Waals surface area (Å²) in [5.74, 6) is 1.89. The van der Waals surface area contributed by atoms with E-state index < -0.39 is 0 Å². The van der Waals surface area contributed by atoms with Crippen LogP contribution in [0, 0.1) is 0 Å². The van der Waals surface area contributed by atoms with Crippen molar-refractivity contribution in [1.29, 1.82) is 0 Å². The SMILES string of the molecule is COc1ccc(CNC(=S)SCCN(C)C)cc1. The topological polar surface area (TPSA) is 24.5 Å². The Kier molecular flexibility index (Phi) is 7.08. The van der Waals surface area contributed by atoms with Crippen molar-refractivity contribution in [3.05, 3.63) is 29.8 Å². The molecule has 0 aromatic heterocycles. The van der Waals surface area contributed by atoms with Crippen molar-refractivity contribution in [2.24, 2.45) is 0 Å². The molecule has 0 spiro atoms. The van der Waals surface area contributed by atoms with Gasteiger partial charge in [0, 0.05) is 18.8 Å². The summed E-state index contributed by atoms with van der Waals surface area (Å²) in [6.07, 6.45) is 0. The fourth-order valence-corrected chi connectivity index (χ4v) is 2.43. The molecule has 3 nitrogen and oxygen atoms in total. The molecule has 1 N–H and O–H groups in total. The fourth-order valence-electron chi connectivity index (χ4n) is 1.29. The molecular weight excluding hydrogens is 264 g/mol. The van der Waals surface area contributed by atoms with Crippen LogP contribution >= 0.6 is 24.0 Å². The summed E-state index contributed by atoms with van der Waals surface area (Å²) in [5.41, 5.74) is 1.20. The van der Waals surface area contributed by atoms with Crippen molar-refractivity contribution in [2.75, 3.05) is 33.5 Å². The highest BCUT2D eigenvalue weighted by Crippen LogP contribution is 2.11. The van der Waals surface area contributed by atoms with Crippen LogP contribution < -0.4 is 10.1 Å². The average Bonchev–Trinajstić information content (AvgIpc) is 2.36.